The molecule has 0 aliphatic heterocycles. The topological polar surface area (TPSA) is 85.9 Å². The summed E-state index contributed by atoms with van der Waals surface area (Å²) < 4.78 is 16.3. The summed E-state index contributed by atoms with van der Waals surface area (Å²) in [7, 11) is 3.14. The van der Waals surface area contributed by atoms with E-state index in [0.717, 1.165) is 23.3 Å². The first-order valence-corrected chi connectivity index (χ1v) is 11.1. The number of hydrogen-bond acceptors (Lipinski definition) is 5. The number of hydrogen-bond donors (Lipinski definition) is 2. The lowest BCUT2D eigenvalue weighted by atomic mass is 10.0. The minimum atomic E-state index is -0.687. The SMILES string of the molecule is COc1ccc(CCNC(=O)C(=O)NCCOc2ccccc2Cc2ccccc2)cc1OC. The minimum Gasteiger partial charge on any atom is -0.493 e. The monoisotopic (exact) mass is 462 g/mol. The highest BCUT2D eigenvalue weighted by atomic mass is 16.5. The Hall–Kier alpha value is -4.00. The van der Waals surface area contributed by atoms with E-state index >= 15 is 0 Å². The molecule has 3 aromatic carbocycles. The molecule has 0 unspecified atom stereocenters. The van der Waals surface area contributed by atoms with Crippen LogP contribution in [0.1, 0.15) is 16.7 Å². The molecule has 0 aromatic heterocycles. The van der Waals surface area contributed by atoms with E-state index in [1.165, 1.54) is 5.56 Å². The van der Waals surface area contributed by atoms with Crippen LogP contribution in [0.5, 0.6) is 17.2 Å². The fourth-order valence-electron chi connectivity index (χ4n) is 3.45. The van der Waals surface area contributed by atoms with E-state index in [1.54, 1.807) is 20.3 Å². The Morgan fingerprint density at radius 1 is 0.706 bits per heavy atom. The molecule has 0 spiro atoms. The molecule has 7 nitrogen and oxygen atoms in total. The standard InChI is InChI=1S/C27H30N2O5/c1-32-24-13-12-21(19-25(24)33-2)14-15-28-26(30)27(31)29-16-17-34-23-11-7-6-10-22(23)18-20-8-4-3-5-9-20/h3-13,19H,14-18H2,1-2H3,(H,28,30)(H,29,31). The fraction of sp³-hybridized carbons (Fsp3) is 0.259. The zero-order valence-corrected chi connectivity index (χ0v) is 19.5. The van der Waals surface area contributed by atoms with Gasteiger partial charge >= 0.3 is 11.8 Å². The van der Waals surface area contributed by atoms with E-state index < -0.39 is 11.8 Å². The van der Waals surface area contributed by atoms with Gasteiger partial charge in [-0.05, 0) is 41.3 Å². The number of rotatable bonds is 11. The summed E-state index contributed by atoms with van der Waals surface area (Å²) in [4.78, 5) is 24.1. The molecule has 7 heteroatoms. The first-order chi connectivity index (χ1) is 16.6. The third kappa shape index (κ3) is 7.27. The second-order valence-electron chi connectivity index (χ2n) is 7.57. The molecule has 2 N–H and O–H groups in total. The lowest BCUT2D eigenvalue weighted by molar-refractivity contribution is -0.139. The van der Waals surface area contributed by atoms with Gasteiger partial charge in [0.15, 0.2) is 11.5 Å². The zero-order valence-electron chi connectivity index (χ0n) is 19.5. The normalized spacial score (nSPS) is 10.3. The van der Waals surface area contributed by atoms with Crippen molar-refractivity contribution in [2.75, 3.05) is 33.9 Å². The first kappa shape index (κ1) is 24.6. The molecule has 0 radical (unpaired) electrons. The van der Waals surface area contributed by atoms with E-state index in [9.17, 15) is 9.59 Å². The van der Waals surface area contributed by atoms with Crippen molar-refractivity contribution in [1.29, 1.82) is 0 Å². The molecule has 0 atom stereocenters. The summed E-state index contributed by atoms with van der Waals surface area (Å²) in [6.45, 7) is 0.809. The highest BCUT2D eigenvalue weighted by Crippen LogP contribution is 2.27. The van der Waals surface area contributed by atoms with Crippen molar-refractivity contribution < 1.29 is 23.8 Å². The summed E-state index contributed by atoms with van der Waals surface area (Å²) in [5.41, 5.74) is 3.21. The molecule has 3 rings (SSSR count). The van der Waals surface area contributed by atoms with Crippen molar-refractivity contribution in [2.24, 2.45) is 0 Å². The van der Waals surface area contributed by atoms with Crippen LogP contribution in [0.4, 0.5) is 0 Å². The second-order valence-corrected chi connectivity index (χ2v) is 7.57. The van der Waals surface area contributed by atoms with Gasteiger partial charge in [-0.25, -0.2) is 0 Å². The van der Waals surface area contributed by atoms with Crippen molar-refractivity contribution >= 4 is 11.8 Å². The highest BCUT2D eigenvalue weighted by Gasteiger charge is 2.13. The molecule has 0 heterocycles. The first-order valence-electron chi connectivity index (χ1n) is 11.1. The van der Waals surface area contributed by atoms with Crippen LogP contribution in [0, 0.1) is 0 Å². The molecule has 0 saturated heterocycles. The maximum Gasteiger partial charge on any atom is 0.309 e. The molecular weight excluding hydrogens is 432 g/mol. The van der Waals surface area contributed by atoms with Gasteiger partial charge in [0.1, 0.15) is 12.4 Å². The van der Waals surface area contributed by atoms with Crippen LogP contribution in [0.3, 0.4) is 0 Å². The van der Waals surface area contributed by atoms with E-state index in [-0.39, 0.29) is 13.2 Å². The van der Waals surface area contributed by atoms with Crippen LogP contribution in [-0.4, -0.2) is 45.7 Å². The summed E-state index contributed by atoms with van der Waals surface area (Å²) in [5.74, 6) is 0.660. The van der Waals surface area contributed by atoms with E-state index in [2.05, 4.69) is 22.8 Å². The number of nitrogens with one attached hydrogen (secondary N) is 2. The molecule has 0 aliphatic carbocycles. The molecular formula is C27H30N2O5. The van der Waals surface area contributed by atoms with Gasteiger partial charge in [-0.1, -0.05) is 54.6 Å². The van der Waals surface area contributed by atoms with Gasteiger partial charge in [0.2, 0.25) is 0 Å². The molecule has 2 amide bonds. The lowest BCUT2D eigenvalue weighted by Gasteiger charge is -2.12. The number of benzene rings is 3. The van der Waals surface area contributed by atoms with Crippen molar-refractivity contribution in [2.45, 2.75) is 12.8 Å². The van der Waals surface area contributed by atoms with Gasteiger partial charge in [-0.15, -0.1) is 0 Å². The number of ether oxygens (including phenoxy) is 3. The summed E-state index contributed by atoms with van der Waals surface area (Å²) in [5, 5.41) is 5.22. The maximum atomic E-state index is 12.1. The number of carbonyl (C=O) groups is 2. The van der Waals surface area contributed by atoms with Gasteiger partial charge in [0.25, 0.3) is 0 Å². The van der Waals surface area contributed by atoms with E-state index in [0.29, 0.717) is 24.5 Å². The molecule has 0 saturated carbocycles. The average molecular weight is 463 g/mol. The van der Waals surface area contributed by atoms with Gasteiger partial charge in [0.05, 0.1) is 20.8 Å². The molecule has 0 fully saturated rings. The number of para-hydroxylation sites is 1. The number of amides is 2. The Kier molecular flexibility index (Phi) is 9.34. The third-order valence-electron chi connectivity index (χ3n) is 5.21. The Morgan fingerprint density at radius 3 is 2.12 bits per heavy atom. The predicted octanol–water partition coefficient (Wildman–Crippen LogP) is 3.15. The summed E-state index contributed by atoms with van der Waals surface area (Å²) in [6.07, 6.45) is 1.31. The number of methoxy groups -OCH3 is 2. The smallest absolute Gasteiger partial charge is 0.309 e. The van der Waals surface area contributed by atoms with Gasteiger partial charge < -0.3 is 24.8 Å². The van der Waals surface area contributed by atoms with Crippen LogP contribution >= 0.6 is 0 Å². The van der Waals surface area contributed by atoms with Gasteiger partial charge in [-0.3, -0.25) is 9.59 Å². The van der Waals surface area contributed by atoms with Crippen LogP contribution in [0.2, 0.25) is 0 Å². The molecule has 178 valence electrons. The highest BCUT2D eigenvalue weighted by molar-refractivity contribution is 6.35. The van der Waals surface area contributed by atoms with Crippen LogP contribution < -0.4 is 24.8 Å². The van der Waals surface area contributed by atoms with Crippen molar-refractivity contribution in [3.63, 3.8) is 0 Å². The Balaban J connectivity index is 1.39. The predicted molar refractivity (Wildman–Crippen MR) is 130 cm³/mol. The largest absolute Gasteiger partial charge is 0.493 e. The maximum absolute atomic E-state index is 12.1. The summed E-state index contributed by atoms with van der Waals surface area (Å²) >= 11 is 0. The van der Waals surface area contributed by atoms with E-state index in [1.807, 2.05) is 54.6 Å². The molecule has 3 aromatic rings. The Labute approximate surface area is 200 Å². The van der Waals surface area contributed by atoms with Crippen molar-refractivity contribution in [3.8, 4) is 17.2 Å². The van der Waals surface area contributed by atoms with Crippen LogP contribution in [0.15, 0.2) is 72.8 Å². The van der Waals surface area contributed by atoms with Crippen molar-refractivity contribution in [1.82, 2.24) is 10.6 Å². The van der Waals surface area contributed by atoms with Gasteiger partial charge in [-0.2, -0.15) is 0 Å². The number of carbonyl (C=O) groups excluding carboxylic acids is 2. The summed E-state index contributed by atoms with van der Waals surface area (Å²) in [6, 6.07) is 23.5. The van der Waals surface area contributed by atoms with Gasteiger partial charge in [0, 0.05) is 13.0 Å². The lowest BCUT2D eigenvalue weighted by Crippen LogP contribution is -2.42. The molecule has 34 heavy (non-hydrogen) atoms. The Bertz CT molecular complexity index is 1090. The Morgan fingerprint density at radius 2 is 1.38 bits per heavy atom. The zero-order chi connectivity index (χ0) is 24.2. The second kappa shape index (κ2) is 12.9. The van der Waals surface area contributed by atoms with E-state index in [4.69, 9.17) is 14.2 Å². The third-order valence-corrected chi connectivity index (χ3v) is 5.21. The van der Waals surface area contributed by atoms with Crippen molar-refractivity contribution in [3.05, 3.63) is 89.5 Å². The fourth-order valence-corrected chi connectivity index (χ4v) is 3.45. The van der Waals surface area contributed by atoms with Crippen LogP contribution in [0.25, 0.3) is 0 Å². The molecule has 0 aliphatic rings. The molecule has 0 bridgehead atoms. The average Bonchev–Trinajstić information content (AvgIpc) is 2.87. The quantitative estimate of drug-likeness (QED) is 0.338. The van der Waals surface area contributed by atoms with Crippen LogP contribution in [-0.2, 0) is 22.4 Å². The minimum absolute atomic E-state index is 0.224.